The summed E-state index contributed by atoms with van der Waals surface area (Å²) in [5.41, 5.74) is 1.05. The van der Waals surface area contributed by atoms with Crippen LogP contribution in [-0.2, 0) is 11.4 Å². The molecular weight excluding hydrogens is 473 g/mol. The summed E-state index contributed by atoms with van der Waals surface area (Å²) in [7, 11) is 0. The molecule has 1 saturated heterocycles. The van der Waals surface area contributed by atoms with Crippen LogP contribution in [0, 0.1) is 18.2 Å². The van der Waals surface area contributed by atoms with Gasteiger partial charge in [-0.15, -0.1) is 6.42 Å². The predicted molar refractivity (Wildman–Crippen MR) is 118 cm³/mol. The van der Waals surface area contributed by atoms with E-state index in [4.69, 9.17) is 15.9 Å². The molecule has 1 aliphatic heterocycles. The molecule has 0 aromatic heterocycles. The number of halogens is 2. The number of terminal acetylenes is 1. The molecule has 3 rings (SSSR count). The fourth-order valence-corrected chi connectivity index (χ4v) is 4.13. The van der Waals surface area contributed by atoms with Crippen molar-refractivity contribution in [3.8, 4) is 23.8 Å². The number of ether oxygens (including phenoxy) is 2. The van der Waals surface area contributed by atoms with Crippen molar-refractivity contribution in [2.75, 3.05) is 13.2 Å². The minimum atomic E-state index is -0.433. The molecule has 0 radical (unpaired) electrons. The van der Waals surface area contributed by atoms with Crippen LogP contribution < -0.4 is 9.47 Å². The fourth-order valence-electron chi connectivity index (χ4n) is 2.72. The highest BCUT2D eigenvalue weighted by molar-refractivity contribution is 9.10. The lowest BCUT2D eigenvalue weighted by Crippen LogP contribution is -2.28. The molecule has 1 aliphatic rings. The molecule has 2 aromatic carbocycles. The summed E-state index contributed by atoms with van der Waals surface area (Å²) in [5, 5.41) is -0.405. The maximum Gasteiger partial charge on any atom is 0.294 e. The Morgan fingerprint density at radius 1 is 1.27 bits per heavy atom. The molecule has 2 amide bonds. The SMILES string of the molecule is C#CCN1C(=O)S/C(=C/c2cc(Br)c(OCc3ccccc3F)c(OCC)c2)C1=O. The lowest BCUT2D eigenvalue weighted by Gasteiger charge is -2.15. The summed E-state index contributed by atoms with van der Waals surface area (Å²) in [5.74, 6) is 2.36. The van der Waals surface area contributed by atoms with Crippen molar-refractivity contribution in [1.82, 2.24) is 4.90 Å². The van der Waals surface area contributed by atoms with E-state index in [2.05, 4.69) is 21.9 Å². The molecule has 1 heterocycles. The largest absolute Gasteiger partial charge is 0.490 e. The number of amides is 2. The second-order valence-corrected chi connectivity index (χ2v) is 7.96. The van der Waals surface area contributed by atoms with E-state index < -0.39 is 11.1 Å². The zero-order valence-corrected chi connectivity index (χ0v) is 18.4. The molecule has 0 spiro atoms. The normalized spacial score (nSPS) is 14.9. The Balaban J connectivity index is 1.88. The minimum absolute atomic E-state index is 0.0235. The summed E-state index contributed by atoms with van der Waals surface area (Å²) in [6.07, 6.45) is 6.81. The zero-order chi connectivity index (χ0) is 21.7. The first kappa shape index (κ1) is 21.9. The van der Waals surface area contributed by atoms with E-state index in [9.17, 15) is 14.0 Å². The van der Waals surface area contributed by atoms with Gasteiger partial charge in [0.2, 0.25) is 0 Å². The first-order chi connectivity index (χ1) is 14.4. The number of hydrogen-bond donors (Lipinski definition) is 0. The van der Waals surface area contributed by atoms with Gasteiger partial charge in [0.25, 0.3) is 11.1 Å². The monoisotopic (exact) mass is 489 g/mol. The van der Waals surface area contributed by atoms with Crippen molar-refractivity contribution in [1.29, 1.82) is 0 Å². The lowest BCUT2D eigenvalue weighted by atomic mass is 10.1. The van der Waals surface area contributed by atoms with Gasteiger partial charge in [0, 0.05) is 5.56 Å². The van der Waals surface area contributed by atoms with Crippen LogP contribution in [0.3, 0.4) is 0 Å². The summed E-state index contributed by atoms with van der Waals surface area (Å²) >= 11 is 4.28. The van der Waals surface area contributed by atoms with Crippen molar-refractivity contribution < 1.29 is 23.5 Å². The van der Waals surface area contributed by atoms with Gasteiger partial charge >= 0.3 is 0 Å². The second kappa shape index (κ2) is 9.83. The molecule has 0 atom stereocenters. The fraction of sp³-hybridized carbons (Fsp3) is 0.182. The molecular formula is C22H17BrFNO4S. The van der Waals surface area contributed by atoms with Crippen molar-refractivity contribution in [3.05, 3.63) is 62.7 Å². The Morgan fingerprint density at radius 2 is 2.03 bits per heavy atom. The van der Waals surface area contributed by atoms with Gasteiger partial charge in [-0.2, -0.15) is 0 Å². The third-order valence-electron chi connectivity index (χ3n) is 4.08. The van der Waals surface area contributed by atoms with Crippen molar-refractivity contribution >= 4 is 44.9 Å². The molecule has 0 aliphatic carbocycles. The Labute approximate surface area is 186 Å². The number of carbonyl (C=O) groups excluding carboxylic acids is 2. The maximum atomic E-state index is 13.9. The minimum Gasteiger partial charge on any atom is -0.490 e. The first-order valence-electron chi connectivity index (χ1n) is 8.96. The third-order valence-corrected chi connectivity index (χ3v) is 5.58. The maximum absolute atomic E-state index is 13.9. The molecule has 5 nitrogen and oxygen atoms in total. The topological polar surface area (TPSA) is 55.8 Å². The number of thioether (sulfide) groups is 1. The van der Waals surface area contributed by atoms with E-state index in [1.807, 2.05) is 6.92 Å². The quantitative estimate of drug-likeness (QED) is 0.393. The molecule has 0 N–H and O–H groups in total. The summed E-state index contributed by atoms with van der Waals surface area (Å²) < 4.78 is 25.9. The van der Waals surface area contributed by atoms with E-state index in [1.54, 1.807) is 36.4 Å². The summed E-state index contributed by atoms with van der Waals surface area (Å²) in [6.45, 7) is 2.16. The van der Waals surface area contributed by atoms with Crippen LogP contribution in [0.4, 0.5) is 9.18 Å². The van der Waals surface area contributed by atoms with Crippen LogP contribution in [0.15, 0.2) is 45.8 Å². The highest BCUT2D eigenvalue weighted by atomic mass is 79.9. The molecule has 0 saturated carbocycles. The molecule has 0 unspecified atom stereocenters. The Morgan fingerprint density at radius 3 is 2.73 bits per heavy atom. The summed E-state index contributed by atoms with van der Waals surface area (Å²) in [4.78, 5) is 25.6. The number of nitrogens with zero attached hydrogens (tertiary/aromatic N) is 1. The van der Waals surface area contributed by atoms with Gasteiger partial charge in [-0.1, -0.05) is 24.1 Å². The number of benzene rings is 2. The van der Waals surface area contributed by atoms with Crippen LogP contribution in [0.1, 0.15) is 18.1 Å². The highest BCUT2D eigenvalue weighted by Crippen LogP contribution is 2.39. The average molecular weight is 490 g/mol. The van der Waals surface area contributed by atoms with Gasteiger partial charge in [-0.25, -0.2) is 4.39 Å². The van der Waals surface area contributed by atoms with Crippen molar-refractivity contribution in [3.63, 3.8) is 0 Å². The summed E-state index contributed by atoms with van der Waals surface area (Å²) in [6, 6.07) is 9.78. The van der Waals surface area contributed by atoms with Gasteiger partial charge in [0.1, 0.15) is 12.4 Å². The van der Waals surface area contributed by atoms with Crippen LogP contribution in [0.5, 0.6) is 11.5 Å². The molecule has 154 valence electrons. The van der Waals surface area contributed by atoms with E-state index in [-0.39, 0.29) is 23.9 Å². The molecule has 30 heavy (non-hydrogen) atoms. The van der Waals surface area contributed by atoms with E-state index in [0.717, 1.165) is 16.7 Å². The second-order valence-electron chi connectivity index (χ2n) is 6.12. The molecule has 1 fully saturated rings. The Hall–Kier alpha value is -2.76. The van der Waals surface area contributed by atoms with Gasteiger partial charge in [-0.3, -0.25) is 14.5 Å². The van der Waals surface area contributed by atoms with Crippen molar-refractivity contribution in [2.45, 2.75) is 13.5 Å². The van der Waals surface area contributed by atoms with Gasteiger partial charge in [-0.05, 0) is 64.5 Å². The number of rotatable bonds is 7. The number of carbonyl (C=O) groups is 2. The van der Waals surface area contributed by atoms with E-state index >= 15 is 0 Å². The third kappa shape index (κ3) is 4.86. The Bertz CT molecular complexity index is 1060. The van der Waals surface area contributed by atoms with E-state index in [1.165, 1.54) is 6.07 Å². The lowest BCUT2D eigenvalue weighted by molar-refractivity contribution is -0.122. The average Bonchev–Trinajstić information content (AvgIpc) is 2.96. The number of hydrogen-bond acceptors (Lipinski definition) is 5. The predicted octanol–water partition coefficient (Wildman–Crippen LogP) is 5.24. The van der Waals surface area contributed by atoms with Gasteiger partial charge in [0.05, 0.1) is 22.5 Å². The van der Waals surface area contributed by atoms with E-state index in [0.29, 0.717) is 33.7 Å². The highest BCUT2D eigenvalue weighted by Gasteiger charge is 2.34. The van der Waals surface area contributed by atoms with Crippen LogP contribution in [-0.4, -0.2) is 29.2 Å². The van der Waals surface area contributed by atoms with Crippen LogP contribution in [0.2, 0.25) is 0 Å². The van der Waals surface area contributed by atoms with Crippen LogP contribution >= 0.6 is 27.7 Å². The van der Waals surface area contributed by atoms with Gasteiger partial charge in [0.15, 0.2) is 11.5 Å². The standard InChI is InChI=1S/C22H17BrFNO4S/c1-3-9-25-21(26)19(30-22(25)27)12-14-10-16(23)20(18(11-14)28-4-2)29-13-15-7-5-6-8-17(15)24/h1,5-8,10-12H,4,9,13H2,2H3/b19-12+. The smallest absolute Gasteiger partial charge is 0.294 e. The zero-order valence-electron chi connectivity index (χ0n) is 16.0. The van der Waals surface area contributed by atoms with Crippen LogP contribution in [0.25, 0.3) is 6.08 Å². The number of imide groups is 1. The van der Waals surface area contributed by atoms with Gasteiger partial charge < -0.3 is 9.47 Å². The molecule has 2 aromatic rings. The first-order valence-corrected chi connectivity index (χ1v) is 10.6. The molecule has 8 heteroatoms. The molecule has 0 bridgehead atoms. The van der Waals surface area contributed by atoms with Crippen molar-refractivity contribution in [2.24, 2.45) is 0 Å². The Kier molecular flexibility index (Phi) is 7.19.